The summed E-state index contributed by atoms with van der Waals surface area (Å²) in [5.74, 6) is -1.99. The first-order chi connectivity index (χ1) is 20.0. The van der Waals surface area contributed by atoms with Crippen LogP contribution in [0.25, 0.3) is 0 Å². The van der Waals surface area contributed by atoms with Crippen molar-refractivity contribution in [3.63, 3.8) is 0 Å². The molecular weight excluding hydrogens is 602 g/mol. The summed E-state index contributed by atoms with van der Waals surface area (Å²) in [4.78, 5) is 29.1. The lowest BCUT2D eigenvalue weighted by molar-refractivity contribution is -0.140. The quantitative estimate of drug-likeness (QED) is 0.243. The normalized spacial score (nSPS) is 12.2. The number of para-hydroxylation sites is 1. The van der Waals surface area contributed by atoms with Crippen LogP contribution in [0.1, 0.15) is 30.9 Å². The standard InChI is InChI=1S/C30H35Cl2FN4O4S/c1-4-5-18-34-30(39)28(19-22-12-7-6-8-13-22)36(20-23-24(31)14-11-15-25(23)32)29(38)21-37(42(40,41)35(2)3)27-17-10-9-16-26(27)33/h6-17,28H,4-5,18-21H2,1-3H3,(H,34,39)/t28-/m0/s1. The van der Waals surface area contributed by atoms with Crippen LogP contribution in [0.3, 0.4) is 0 Å². The average molecular weight is 638 g/mol. The molecule has 0 heterocycles. The summed E-state index contributed by atoms with van der Waals surface area (Å²) in [6, 6.07) is 18.2. The maximum absolute atomic E-state index is 14.9. The molecule has 0 aliphatic heterocycles. The number of unbranched alkanes of at least 4 members (excludes halogenated alkanes) is 1. The predicted molar refractivity (Wildman–Crippen MR) is 165 cm³/mol. The van der Waals surface area contributed by atoms with Crippen molar-refractivity contribution in [3.8, 4) is 0 Å². The monoisotopic (exact) mass is 636 g/mol. The average Bonchev–Trinajstić information content (AvgIpc) is 2.95. The maximum atomic E-state index is 14.9. The van der Waals surface area contributed by atoms with Crippen LogP contribution in [-0.2, 0) is 32.8 Å². The van der Waals surface area contributed by atoms with Crippen LogP contribution in [0.2, 0.25) is 10.0 Å². The second kappa shape index (κ2) is 15.3. The van der Waals surface area contributed by atoms with Crippen molar-refractivity contribution >= 4 is 50.9 Å². The predicted octanol–water partition coefficient (Wildman–Crippen LogP) is 5.30. The maximum Gasteiger partial charge on any atom is 0.304 e. The van der Waals surface area contributed by atoms with Gasteiger partial charge in [0, 0.05) is 49.2 Å². The highest BCUT2D eigenvalue weighted by Crippen LogP contribution is 2.28. The van der Waals surface area contributed by atoms with Gasteiger partial charge in [-0.1, -0.05) is 85.1 Å². The van der Waals surface area contributed by atoms with Gasteiger partial charge in [-0.2, -0.15) is 12.7 Å². The number of nitrogens with zero attached hydrogens (tertiary/aromatic N) is 3. The first-order valence-electron chi connectivity index (χ1n) is 13.5. The Balaban J connectivity index is 2.13. The third kappa shape index (κ3) is 8.44. The van der Waals surface area contributed by atoms with Crippen molar-refractivity contribution < 1.29 is 22.4 Å². The summed E-state index contributed by atoms with van der Waals surface area (Å²) in [7, 11) is -1.76. The molecule has 42 heavy (non-hydrogen) atoms. The highest BCUT2D eigenvalue weighted by Gasteiger charge is 2.36. The van der Waals surface area contributed by atoms with Gasteiger partial charge in [-0.3, -0.25) is 9.59 Å². The van der Waals surface area contributed by atoms with Crippen molar-refractivity contribution in [3.05, 3.63) is 99.8 Å². The van der Waals surface area contributed by atoms with Crippen LogP contribution in [0.4, 0.5) is 10.1 Å². The van der Waals surface area contributed by atoms with E-state index in [-0.39, 0.29) is 28.7 Å². The van der Waals surface area contributed by atoms with E-state index < -0.39 is 40.4 Å². The number of amides is 2. The van der Waals surface area contributed by atoms with Crippen molar-refractivity contribution in [1.29, 1.82) is 0 Å². The molecule has 0 radical (unpaired) electrons. The van der Waals surface area contributed by atoms with Gasteiger partial charge >= 0.3 is 10.2 Å². The minimum absolute atomic E-state index is 0.132. The Morgan fingerprint density at radius 2 is 1.55 bits per heavy atom. The van der Waals surface area contributed by atoms with E-state index >= 15 is 0 Å². The molecule has 8 nitrogen and oxygen atoms in total. The third-order valence-corrected chi connectivity index (χ3v) is 9.14. The van der Waals surface area contributed by atoms with Crippen LogP contribution in [0, 0.1) is 5.82 Å². The van der Waals surface area contributed by atoms with E-state index in [1.54, 1.807) is 18.2 Å². The highest BCUT2D eigenvalue weighted by molar-refractivity contribution is 7.90. The van der Waals surface area contributed by atoms with Crippen LogP contribution in [0.15, 0.2) is 72.8 Å². The Morgan fingerprint density at radius 1 is 0.929 bits per heavy atom. The molecule has 3 aromatic carbocycles. The first-order valence-corrected chi connectivity index (χ1v) is 15.6. The van der Waals surface area contributed by atoms with E-state index in [0.29, 0.717) is 16.4 Å². The zero-order valence-corrected chi connectivity index (χ0v) is 26.1. The Morgan fingerprint density at radius 3 is 2.14 bits per heavy atom. The fourth-order valence-corrected chi connectivity index (χ4v) is 5.85. The van der Waals surface area contributed by atoms with Crippen LogP contribution < -0.4 is 9.62 Å². The van der Waals surface area contributed by atoms with Crippen molar-refractivity contribution in [1.82, 2.24) is 14.5 Å². The number of nitrogens with one attached hydrogen (secondary N) is 1. The van der Waals surface area contributed by atoms with Gasteiger partial charge in [0.1, 0.15) is 18.4 Å². The SMILES string of the molecule is CCCCNC(=O)[C@H](Cc1ccccc1)N(Cc1c(Cl)cccc1Cl)C(=O)CN(c1ccccc1F)S(=O)(=O)N(C)C. The largest absolute Gasteiger partial charge is 0.354 e. The molecule has 3 aromatic rings. The lowest BCUT2D eigenvalue weighted by atomic mass is 10.0. The molecule has 12 heteroatoms. The van der Waals surface area contributed by atoms with Gasteiger partial charge in [0.25, 0.3) is 0 Å². The summed E-state index contributed by atoms with van der Waals surface area (Å²) in [5, 5.41) is 3.45. The minimum Gasteiger partial charge on any atom is -0.354 e. The Kier molecular flexibility index (Phi) is 12.2. The minimum atomic E-state index is -4.33. The Hall–Kier alpha value is -3.18. The van der Waals surface area contributed by atoms with Gasteiger partial charge in [0.05, 0.1) is 5.69 Å². The first kappa shape index (κ1) is 33.3. The molecule has 0 saturated heterocycles. The zero-order valence-electron chi connectivity index (χ0n) is 23.8. The highest BCUT2D eigenvalue weighted by atomic mass is 35.5. The van der Waals surface area contributed by atoms with E-state index in [4.69, 9.17) is 23.2 Å². The lowest BCUT2D eigenvalue weighted by Gasteiger charge is -2.34. The molecule has 0 saturated carbocycles. The van der Waals surface area contributed by atoms with Gasteiger partial charge in [0.2, 0.25) is 11.8 Å². The molecule has 226 valence electrons. The van der Waals surface area contributed by atoms with E-state index in [1.807, 2.05) is 37.3 Å². The molecule has 0 aromatic heterocycles. The number of carbonyl (C=O) groups is 2. The Labute approximate surface area is 257 Å². The molecule has 0 unspecified atom stereocenters. The van der Waals surface area contributed by atoms with Gasteiger partial charge in [-0.05, 0) is 36.2 Å². The topological polar surface area (TPSA) is 90.0 Å². The summed E-state index contributed by atoms with van der Waals surface area (Å²) < 4.78 is 43.3. The van der Waals surface area contributed by atoms with Gasteiger partial charge in [0.15, 0.2) is 0 Å². The molecule has 0 fully saturated rings. The summed E-state index contributed by atoms with van der Waals surface area (Å²) >= 11 is 13.0. The molecule has 2 amide bonds. The molecule has 0 aliphatic carbocycles. The number of halogens is 3. The number of hydrogen-bond acceptors (Lipinski definition) is 4. The van der Waals surface area contributed by atoms with Crippen LogP contribution in [0.5, 0.6) is 0 Å². The fourth-order valence-electron chi connectivity index (χ4n) is 4.27. The number of rotatable bonds is 14. The van der Waals surface area contributed by atoms with Crippen molar-refractivity contribution in [2.45, 2.75) is 38.8 Å². The number of hydrogen-bond donors (Lipinski definition) is 1. The third-order valence-electron chi connectivity index (χ3n) is 6.63. The smallest absolute Gasteiger partial charge is 0.304 e. The Bertz CT molecular complexity index is 1450. The van der Waals surface area contributed by atoms with Crippen LogP contribution in [-0.4, -0.2) is 62.7 Å². The summed E-state index contributed by atoms with van der Waals surface area (Å²) in [6.07, 6.45) is 1.71. The number of anilines is 1. The summed E-state index contributed by atoms with van der Waals surface area (Å²) in [5.41, 5.74) is 0.867. The molecule has 0 bridgehead atoms. The molecule has 3 rings (SSSR count). The summed E-state index contributed by atoms with van der Waals surface area (Å²) in [6.45, 7) is 1.41. The lowest BCUT2D eigenvalue weighted by Crippen LogP contribution is -2.54. The molecule has 1 atom stereocenters. The van der Waals surface area contributed by atoms with Crippen LogP contribution >= 0.6 is 23.2 Å². The van der Waals surface area contributed by atoms with E-state index in [2.05, 4.69) is 5.32 Å². The fraction of sp³-hybridized carbons (Fsp3) is 0.333. The van der Waals surface area contributed by atoms with Crippen molar-refractivity contribution in [2.24, 2.45) is 0 Å². The number of carbonyl (C=O) groups excluding carboxylic acids is 2. The second-order valence-electron chi connectivity index (χ2n) is 9.82. The second-order valence-corrected chi connectivity index (χ2v) is 12.7. The number of benzene rings is 3. The molecule has 1 N–H and O–H groups in total. The molecule has 0 spiro atoms. The molecular formula is C30H35Cl2FN4O4S. The van der Waals surface area contributed by atoms with E-state index in [1.165, 1.54) is 37.2 Å². The zero-order chi connectivity index (χ0) is 30.9. The van der Waals surface area contributed by atoms with Crippen molar-refractivity contribution in [2.75, 3.05) is 31.5 Å². The molecule has 0 aliphatic rings. The van der Waals surface area contributed by atoms with Gasteiger partial charge in [-0.15, -0.1) is 0 Å². The van der Waals surface area contributed by atoms with Gasteiger partial charge < -0.3 is 10.2 Å². The van der Waals surface area contributed by atoms with E-state index in [9.17, 15) is 22.4 Å². The van der Waals surface area contributed by atoms with Gasteiger partial charge in [-0.25, -0.2) is 8.70 Å². The van der Waals surface area contributed by atoms with E-state index in [0.717, 1.165) is 28.8 Å².